The normalized spacial score (nSPS) is 13.0. The second kappa shape index (κ2) is 6.70. The molecule has 0 saturated carbocycles. The molecule has 7 heteroatoms. The molecule has 0 radical (unpaired) electrons. The van der Waals surface area contributed by atoms with Gasteiger partial charge in [0.1, 0.15) is 28.1 Å². The maximum atomic E-state index is 13.1. The van der Waals surface area contributed by atoms with Gasteiger partial charge in [0.2, 0.25) is 0 Å². The lowest BCUT2D eigenvalue weighted by Crippen LogP contribution is -2.22. The fourth-order valence-electron chi connectivity index (χ4n) is 4.68. The number of fused-ring (bicyclic) bond motifs is 4. The van der Waals surface area contributed by atoms with Gasteiger partial charge in [-0.1, -0.05) is 0 Å². The van der Waals surface area contributed by atoms with Crippen LogP contribution in [0.15, 0.2) is 69.9 Å². The molecule has 1 atom stereocenters. The van der Waals surface area contributed by atoms with Crippen LogP contribution >= 0.6 is 0 Å². The Hall–Kier alpha value is -4.10. The number of furan rings is 2. The third-order valence-electron chi connectivity index (χ3n) is 6.32. The van der Waals surface area contributed by atoms with E-state index in [2.05, 4.69) is 0 Å². The Bertz CT molecular complexity index is 1860. The molecular weight excluding hydrogens is 422 g/mol. The van der Waals surface area contributed by atoms with E-state index in [1.165, 1.54) is 12.3 Å². The zero-order valence-corrected chi connectivity index (χ0v) is 18.1. The van der Waals surface area contributed by atoms with Gasteiger partial charge in [-0.3, -0.25) is 0 Å². The van der Waals surface area contributed by atoms with Crippen molar-refractivity contribution in [3.05, 3.63) is 91.5 Å². The molecule has 0 aliphatic carbocycles. The van der Waals surface area contributed by atoms with E-state index < -0.39 is 17.3 Å². The molecule has 0 amide bonds. The largest absolute Gasteiger partial charge is 0.464 e. The van der Waals surface area contributed by atoms with E-state index >= 15 is 0 Å². The van der Waals surface area contributed by atoms with Gasteiger partial charge < -0.3 is 23.4 Å². The molecule has 4 heterocycles. The molecule has 6 aromatic rings. The number of nitrogens with two attached hydrogens (primary N) is 1. The Morgan fingerprint density at radius 1 is 0.788 bits per heavy atom. The Morgan fingerprint density at radius 3 is 2.39 bits per heavy atom. The lowest BCUT2D eigenvalue weighted by Gasteiger charge is -2.15. The first-order chi connectivity index (χ1) is 15.8. The Balaban J connectivity index is 1.59. The van der Waals surface area contributed by atoms with Gasteiger partial charge >= 0.3 is 11.3 Å². The van der Waals surface area contributed by atoms with Crippen molar-refractivity contribution in [3.63, 3.8) is 0 Å². The van der Waals surface area contributed by atoms with Crippen molar-refractivity contribution in [2.24, 2.45) is 5.73 Å². The number of hydrogen-bond acceptors (Lipinski definition) is 7. The van der Waals surface area contributed by atoms with E-state index in [0.29, 0.717) is 33.5 Å². The molecule has 0 fully saturated rings. The fraction of sp³-hybridized carbons (Fsp3) is 0.154. The van der Waals surface area contributed by atoms with E-state index in [1.54, 1.807) is 12.1 Å². The standard InChI is InChI=1S/C26H19NO6/c1-11-6-15-8-16-12(2)22(26(29)33-25(16)13(3)24(15)31-11)23(27)18-10-30-20-9-19-14(7-17(18)20)4-5-21(28)32-19/h4-10,23H,27H2,1-3H3. The molecule has 7 nitrogen and oxygen atoms in total. The Kier molecular flexibility index (Phi) is 3.97. The van der Waals surface area contributed by atoms with Gasteiger partial charge in [-0.05, 0) is 50.6 Å². The zero-order valence-electron chi connectivity index (χ0n) is 18.1. The van der Waals surface area contributed by atoms with Crippen molar-refractivity contribution < 1.29 is 17.7 Å². The van der Waals surface area contributed by atoms with Gasteiger partial charge in [0.05, 0.1) is 17.9 Å². The Morgan fingerprint density at radius 2 is 1.58 bits per heavy atom. The van der Waals surface area contributed by atoms with E-state index in [0.717, 1.165) is 38.4 Å². The molecule has 2 N–H and O–H groups in total. The van der Waals surface area contributed by atoms with Gasteiger partial charge in [-0.15, -0.1) is 0 Å². The molecule has 33 heavy (non-hydrogen) atoms. The maximum Gasteiger partial charge on any atom is 0.341 e. The summed E-state index contributed by atoms with van der Waals surface area (Å²) >= 11 is 0. The number of rotatable bonds is 2. The predicted octanol–water partition coefficient (Wildman–Crippen LogP) is 5.37. The summed E-state index contributed by atoms with van der Waals surface area (Å²) in [5.74, 6) is 0.785. The summed E-state index contributed by atoms with van der Waals surface area (Å²) in [7, 11) is 0. The van der Waals surface area contributed by atoms with Crippen LogP contribution in [0.4, 0.5) is 0 Å². The highest BCUT2D eigenvalue weighted by Crippen LogP contribution is 2.36. The first-order valence-electron chi connectivity index (χ1n) is 10.5. The molecular formula is C26H19NO6. The average molecular weight is 441 g/mol. The first kappa shape index (κ1) is 19.6. The van der Waals surface area contributed by atoms with Crippen molar-refractivity contribution in [2.45, 2.75) is 26.8 Å². The topological polar surface area (TPSA) is 113 Å². The quantitative estimate of drug-likeness (QED) is 0.360. The summed E-state index contributed by atoms with van der Waals surface area (Å²) in [6.45, 7) is 5.63. The lowest BCUT2D eigenvalue weighted by atomic mass is 9.93. The van der Waals surface area contributed by atoms with Crippen LogP contribution in [0.5, 0.6) is 0 Å². The molecule has 1 unspecified atom stereocenters. The van der Waals surface area contributed by atoms with Crippen molar-refractivity contribution in [3.8, 4) is 0 Å². The molecule has 4 aromatic heterocycles. The average Bonchev–Trinajstić information content (AvgIpc) is 3.35. The molecule has 2 aromatic carbocycles. The highest BCUT2D eigenvalue weighted by Gasteiger charge is 2.24. The predicted molar refractivity (Wildman–Crippen MR) is 125 cm³/mol. The highest BCUT2D eigenvalue weighted by molar-refractivity contribution is 5.99. The van der Waals surface area contributed by atoms with Gasteiger partial charge in [-0.25, -0.2) is 9.59 Å². The van der Waals surface area contributed by atoms with E-state index in [-0.39, 0.29) is 0 Å². The molecule has 0 aliphatic heterocycles. The molecule has 0 saturated heterocycles. The molecule has 6 rings (SSSR count). The summed E-state index contributed by atoms with van der Waals surface area (Å²) in [5, 5.41) is 3.22. The molecule has 0 spiro atoms. The Labute approximate surface area is 186 Å². The van der Waals surface area contributed by atoms with Crippen LogP contribution in [0.1, 0.15) is 34.1 Å². The summed E-state index contributed by atoms with van der Waals surface area (Å²) < 4.78 is 22.5. The van der Waals surface area contributed by atoms with Crippen LogP contribution in [0, 0.1) is 20.8 Å². The van der Waals surface area contributed by atoms with Crippen LogP contribution in [-0.4, -0.2) is 0 Å². The smallest absolute Gasteiger partial charge is 0.341 e. The molecule has 0 aliphatic rings. The third-order valence-corrected chi connectivity index (χ3v) is 6.32. The van der Waals surface area contributed by atoms with Crippen LogP contribution in [-0.2, 0) is 0 Å². The zero-order chi connectivity index (χ0) is 23.0. The minimum Gasteiger partial charge on any atom is -0.464 e. The summed E-state index contributed by atoms with van der Waals surface area (Å²) in [5.41, 5.74) is 10.4. The van der Waals surface area contributed by atoms with Gasteiger partial charge in [-0.2, -0.15) is 0 Å². The highest BCUT2D eigenvalue weighted by atomic mass is 16.4. The van der Waals surface area contributed by atoms with Crippen molar-refractivity contribution in [2.75, 3.05) is 0 Å². The first-order valence-corrected chi connectivity index (χ1v) is 10.5. The maximum absolute atomic E-state index is 13.1. The second-order valence-corrected chi connectivity index (χ2v) is 8.39. The van der Waals surface area contributed by atoms with Gasteiger partial charge in [0, 0.05) is 44.8 Å². The monoisotopic (exact) mass is 441 g/mol. The fourth-order valence-corrected chi connectivity index (χ4v) is 4.68. The van der Waals surface area contributed by atoms with Gasteiger partial charge in [0.15, 0.2) is 0 Å². The van der Waals surface area contributed by atoms with E-state index in [9.17, 15) is 9.59 Å². The van der Waals surface area contributed by atoms with Crippen molar-refractivity contribution >= 4 is 43.9 Å². The number of hydrogen-bond donors (Lipinski definition) is 1. The summed E-state index contributed by atoms with van der Waals surface area (Å²) in [6.07, 6.45) is 1.53. The van der Waals surface area contributed by atoms with E-state index in [4.69, 9.17) is 23.4 Å². The SMILES string of the molecule is Cc1cc2cc3c(C)c(C(N)c4coc5cc6oc(=O)ccc6cc45)c(=O)oc3c(C)c2o1. The molecule has 164 valence electrons. The third kappa shape index (κ3) is 2.79. The minimum atomic E-state index is -0.776. The summed E-state index contributed by atoms with van der Waals surface area (Å²) in [4.78, 5) is 24.7. The van der Waals surface area contributed by atoms with Crippen molar-refractivity contribution in [1.29, 1.82) is 0 Å². The van der Waals surface area contributed by atoms with E-state index in [1.807, 2.05) is 39.0 Å². The molecule has 0 bridgehead atoms. The van der Waals surface area contributed by atoms with Crippen molar-refractivity contribution in [1.82, 2.24) is 0 Å². The number of aryl methyl sites for hydroxylation is 3. The lowest BCUT2D eigenvalue weighted by molar-refractivity contribution is 0.536. The van der Waals surface area contributed by atoms with Crippen LogP contribution in [0.25, 0.3) is 43.9 Å². The van der Waals surface area contributed by atoms with Gasteiger partial charge in [0.25, 0.3) is 0 Å². The minimum absolute atomic E-state index is 0.365. The van der Waals surface area contributed by atoms with Crippen LogP contribution < -0.4 is 17.0 Å². The second-order valence-electron chi connectivity index (χ2n) is 8.39. The van der Waals surface area contributed by atoms with Crippen LogP contribution in [0.2, 0.25) is 0 Å². The number of benzene rings is 2. The summed E-state index contributed by atoms with van der Waals surface area (Å²) in [6, 6.07) is 9.67. The van der Waals surface area contributed by atoms with Crippen LogP contribution in [0.3, 0.4) is 0 Å².